The Bertz CT molecular complexity index is 471. The number of piperidine rings is 2. The summed E-state index contributed by atoms with van der Waals surface area (Å²) in [5.74, 6) is 0.490. The minimum atomic E-state index is -0.898. The summed E-state index contributed by atoms with van der Waals surface area (Å²) in [6.45, 7) is 1.11. The third-order valence-electron chi connectivity index (χ3n) is 4.44. The molecule has 1 saturated carbocycles. The molecule has 2 heterocycles. The van der Waals surface area contributed by atoms with Gasteiger partial charge >= 0.3 is 5.97 Å². The zero-order valence-corrected chi connectivity index (χ0v) is 11.1. The van der Waals surface area contributed by atoms with Gasteiger partial charge in [-0.05, 0) is 44.2 Å². The topological polar surface area (TPSA) is 49.8 Å². The lowest BCUT2D eigenvalue weighted by Gasteiger charge is -2.47. The van der Waals surface area contributed by atoms with Crippen LogP contribution < -0.4 is 4.74 Å². The predicted octanol–water partition coefficient (Wildman–Crippen LogP) is 2.25. The average Bonchev–Trinajstić information content (AvgIpc) is 2.41. The van der Waals surface area contributed by atoms with Crippen LogP contribution in [0.25, 0.3) is 0 Å². The highest BCUT2D eigenvalue weighted by Gasteiger charge is 2.39. The molecule has 2 aliphatic heterocycles. The number of hydrogen-bond acceptors (Lipinski definition) is 3. The number of rotatable bonds is 3. The molecule has 0 spiro atoms. The van der Waals surface area contributed by atoms with Crippen LogP contribution in [0.15, 0.2) is 24.3 Å². The van der Waals surface area contributed by atoms with Crippen LogP contribution >= 0.6 is 0 Å². The Balaban J connectivity index is 1.67. The number of carboxylic acid groups (broad SMARTS) is 1. The Labute approximate surface area is 113 Å². The standard InChI is InChI=1S/C15H19NO3/c1-16-9-11-2-5-12(16)8-14(11)19-13-6-3-10(4-7-13)15(17)18/h3-4,6-7,11-12,14H,2,5,8-9H2,1H3,(H,17,18). The molecule has 4 heteroatoms. The third-order valence-corrected chi connectivity index (χ3v) is 4.44. The lowest BCUT2D eigenvalue weighted by molar-refractivity contribution is -0.0246. The van der Waals surface area contributed by atoms with Crippen LogP contribution in [0.5, 0.6) is 5.75 Å². The van der Waals surface area contributed by atoms with Crippen LogP contribution in [0, 0.1) is 5.92 Å². The van der Waals surface area contributed by atoms with Gasteiger partial charge in [0.15, 0.2) is 0 Å². The fourth-order valence-electron chi connectivity index (χ4n) is 3.29. The quantitative estimate of drug-likeness (QED) is 0.906. The molecule has 19 heavy (non-hydrogen) atoms. The molecule has 4 rings (SSSR count). The van der Waals surface area contributed by atoms with Crippen molar-refractivity contribution in [3.8, 4) is 5.75 Å². The summed E-state index contributed by atoms with van der Waals surface area (Å²) < 4.78 is 6.05. The Morgan fingerprint density at radius 1 is 1.32 bits per heavy atom. The highest BCUT2D eigenvalue weighted by molar-refractivity contribution is 5.87. The maximum atomic E-state index is 10.8. The van der Waals surface area contributed by atoms with Crippen molar-refractivity contribution in [2.24, 2.45) is 5.92 Å². The predicted molar refractivity (Wildman–Crippen MR) is 71.6 cm³/mol. The molecule has 1 aliphatic carbocycles. The molecule has 1 aromatic rings. The van der Waals surface area contributed by atoms with Crippen molar-refractivity contribution < 1.29 is 14.6 Å². The fraction of sp³-hybridized carbons (Fsp3) is 0.533. The van der Waals surface area contributed by atoms with Gasteiger partial charge in [0, 0.05) is 24.9 Å². The van der Waals surface area contributed by atoms with E-state index < -0.39 is 5.97 Å². The first-order valence-electron chi connectivity index (χ1n) is 6.84. The second-order valence-corrected chi connectivity index (χ2v) is 5.65. The number of fused-ring (bicyclic) bond motifs is 3. The van der Waals surface area contributed by atoms with Crippen LogP contribution in [0.4, 0.5) is 0 Å². The van der Waals surface area contributed by atoms with Crippen molar-refractivity contribution >= 4 is 5.97 Å². The van der Waals surface area contributed by atoms with Gasteiger partial charge in [-0.25, -0.2) is 4.79 Å². The molecule has 102 valence electrons. The molecule has 3 unspecified atom stereocenters. The second-order valence-electron chi connectivity index (χ2n) is 5.65. The summed E-state index contributed by atoms with van der Waals surface area (Å²) >= 11 is 0. The molecule has 3 aliphatic rings. The monoisotopic (exact) mass is 261 g/mol. The zero-order chi connectivity index (χ0) is 13.4. The summed E-state index contributed by atoms with van der Waals surface area (Å²) in [5, 5.41) is 8.87. The first-order chi connectivity index (χ1) is 9.13. The van der Waals surface area contributed by atoms with Gasteiger partial charge in [-0.3, -0.25) is 0 Å². The first-order valence-corrected chi connectivity index (χ1v) is 6.84. The van der Waals surface area contributed by atoms with Crippen LogP contribution in [-0.4, -0.2) is 41.7 Å². The van der Waals surface area contributed by atoms with E-state index in [2.05, 4.69) is 11.9 Å². The molecule has 0 amide bonds. The highest BCUT2D eigenvalue weighted by Crippen LogP contribution is 2.36. The Morgan fingerprint density at radius 3 is 2.58 bits per heavy atom. The minimum absolute atomic E-state index is 0.283. The van der Waals surface area contributed by atoms with Crippen molar-refractivity contribution in [2.45, 2.75) is 31.4 Å². The van der Waals surface area contributed by atoms with Gasteiger partial charge in [-0.1, -0.05) is 0 Å². The summed E-state index contributed by atoms with van der Waals surface area (Å²) in [5.41, 5.74) is 0.303. The lowest BCUT2D eigenvalue weighted by Crippen LogP contribution is -2.53. The molecule has 2 bridgehead atoms. The van der Waals surface area contributed by atoms with E-state index in [4.69, 9.17) is 9.84 Å². The van der Waals surface area contributed by atoms with Crippen molar-refractivity contribution in [3.63, 3.8) is 0 Å². The Kier molecular flexibility index (Phi) is 3.19. The largest absolute Gasteiger partial charge is 0.490 e. The normalized spacial score (nSPS) is 30.3. The van der Waals surface area contributed by atoms with Crippen LogP contribution in [-0.2, 0) is 0 Å². The maximum absolute atomic E-state index is 10.8. The SMILES string of the molecule is CN1CC2CCC1CC2Oc1ccc(C(=O)O)cc1. The van der Waals surface area contributed by atoms with Gasteiger partial charge in [0.05, 0.1) is 5.56 Å². The van der Waals surface area contributed by atoms with Gasteiger partial charge in [0.2, 0.25) is 0 Å². The minimum Gasteiger partial charge on any atom is -0.490 e. The number of hydrogen-bond donors (Lipinski definition) is 1. The van der Waals surface area contributed by atoms with Crippen molar-refractivity contribution in [3.05, 3.63) is 29.8 Å². The molecule has 4 nitrogen and oxygen atoms in total. The van der Waals surface area contributed by atoms with Crippen molar-refractivity contribution in [1.82, 2.24) is 4.90 Å². The Hall–Kier alpha value is -1.55. The number of benzene rings is 1. The van der Waals surface area contributed by atoms with E-state index >= 15 is 0 Å². The van der Waals surface area contributed by atoms with E-state index in [-0.39, 0.29) is 6.10 Å². The smallest absolute Gasteiger partial charge is 0.335 e. The number of ether oxygens (including phenoxy) is 1. The lowest BCUT2D eigenvalue weighted by atomic mass is 9.78. The van der Waals surface area contributed by atoms with Gasteiger partial charge in [0.1, 0.15) is 11.9 Å². The maximum Gasteiger partial charge on any atom is 0.335 e. The Morgan fingerprint density at radius 2 is 2.05 bits per heavy atom. The molecule has 2 saturated heterocycles. The van der Waals surface area contributed by atoms with Gasteiger partial charge in [0.25, 0.3) is 0 Å². The zero-order valence-electron chi connectivity index (χ0n) is 11.1. The van der Waals surface area contributed by atoms with Crippen LogP contribution in [0.1, 0.15) is 29.6 Å². The molecule has 3 atom stereocenters. The third kappa shape index (κ3) is 2.45. The molecular formula is C15H19NO3. The summed E-state index contributed by atoms with van der Waals surface area (Å²) in [6, 6.07) is 7.37. The average molecular weight is 261 g/mol. The highest BCUT2D eigenvalue weighted by atomic mass is 16.5. The van der Waals surface area contributed by atoms with Crippen LogP contribution in [0.3, 0.4) is 0 Å². The van der Waals surface area contributed by atoms with E-state index in [1.807, 2.05) is 0 Å². The number of nitrogens with zero attached hydrogens (tertiary/aromatic N) is 1. The molecule has 0 aromatic heterocycles. The summed E-state index contributed by atoms with van der Waals surface area (Å²) in [4.78, 5) is 13.2. The molecule has 0 radical (unpaired) electrons. The molecule has 1 aromatic carbocycles. The van der Waals surface area contributed by atoms with Gasteiger partial charge in [-0.2, -0.15) is 0 Å². The number of carboxylic acids is 1. The first kappa shape index (κ1) is 12.5. The van der Waals surface area contributed by atoms with Gasteiger partial charge < -0.3 is 14.7 Å². The van der Waals surface area contributed by atoms with E-state index in [1.54, 1.807) is 24.3 Å². The molecular weight excluding hydrogens is 242 g/mol. The van der Waals surface area contributed by atoms with Crippen molar-refractivity contribution in [2.75, 3.05) is 13.6 Å². The van der Waals surface area contributed by atoms with E-state index in [1.165, 1.54) is 12.8 Å². The van der Waals surface area contributed by atoms with E-state index in [9.17, 15) is 4.79 Å². The van der Waals surface area contributed by atoms with Gasteiger partial charge in [-0.15, -0.1) is 0 Å². The van der Waals surface area contributed by atoms with E-state index in [0.29, 0.717) is 17.5 Å². The summed E-state index contributed by atoms with van der Waals surface area (Å²) in [6.07, 6.45) is 3.89. The van der Waals surface area contributed by atoms with Crippen LogP contribution in [0.2, 0.25) is 0 Å². The second kappa shape index (κ2) is 4.85. The molecule has 1 N–H and O–H groups in total. The van der Waals surface area contributed by atoms with E-state index in [0.717, 1.165) is 18.7 Å². The summed E-state index contributed by atoms with van der Waals surface area (Å²) in [7, 11) is 2.19. The number of aromatic carboxylic acids is 1. The molecule has 3 fully saturated rings. The number of carbonyl (C=O) groups is 1. The van der Waals surface area contributed by atoms with Crippen molar-refractivity contribution in [1.29, 1.82) is 0 Å². The fourth-order valence-corrected chi connectivity index (χ4v) is 3.29.